The van der Waals surface area contributed by atoms with E-state index >= 15 is 0 Å². The first-order valence-electron chi connectivity index (χ1n) is 8.88. The lowest BCUT2D eigenvalue weighted by Crippen LogP contribution is -2.07. The van der Waals surface area contributed by atoms with Crippen LogP contribution in [-0.4, -0.2) is 55.2 Å². The number of H-pyrrole nitrogens is 1. The van der Waals surface area contributed by atoms with Crippen molar-refractivity contribution in [1.82, 2.24) is 29.3 Å². The van der Waals surface area contributed by atoms with E-state index in [1.165, 1.54) is 14.2 Å². The fraction of sp³-hybridized carbons (Fsp3) is 0.263. The number of fused-ring (bicyclic) bond motifs is 1. The first kappa shape index (κ1) is 19.9. The Morgan fingerprint density at radius 3 is 2.83 bits per heavy atom. The first-order valence-corrected chi connectivity index (χ1v) is 9.26. The molecule has 4 rings (SSSR count). The summed E-state index contributed by atoms with van der Waals surface area (Å²) in [6, 6.07) is 3.94. The van der Waals surface area contributed by atoms with Gasteiger partial charge in [0.15, 0.2) is 11.6 Å². The lowest BCUT2D eigenvalue weighted by atomic mass is 10.1. The summed E-state index contributed by atoms with van der Waals surface area (Å²) in [5, 5.41) is 27.9. The number of aryl methyl sites for hydroxylation is 1. The Hall–Kier alpha value is -3.39. The quantitative estimate of drug-likeness (QED) is 0.483. The number of nitrogens with zero attached hydrogens (tertiary/aromatic N) is 6. The maximum absolute atomic E-state index is 10.2. The van der Waals surface area contributed by atoms with E-state index in [4.69, 9.17) is 21.1 Å². The van der Waals surface area contributed by atoms with Gasteiger partial charge in [-0.3, -0.25) is 5.10 Å². The lowest BCUT2D eigenvalue weighted by molar-refractivity contribution is 0.0590. The number of halogens is 1. The zero-order valence-electron chi connectivity index (χ0n) is 16.4. The molecule has 0 saturated heterocycles. The molecule has 154 valence electrons. The van der Waals surface area contributed by atoms with Crippen molar-refractivity contribution in [3.05, 3.63) is 41.2 Å². The summed E-state index contributed by atoms with van der Waals surface area (Å²) in [5.41, 5.74) is 2.18. The molecule has 0 amide bonds. The number of hydrogen-bond donors (Lipinski definition) is 2. The number of ether oxygens (including phenoxy) is 2. The van der Waals surface area contributed by atoms with Gasteiger partial charge in [0.2, 0.25) is 0 Å². The second-order valence-corrected chi connectivity index (χ2v) is 6.90. The third-order valence-electron chi connectivity index (χ3n) is 4.80. The Kier molecular flexibility index (Phi) is 5.17. The normalized spacial score (nSPS) is 12.3. The van der Waals surface area contributed by atoms with Crippen molar-refractivity contribution in [2.45, 2.75) is 6.10 Å². The van der Waals surface area contributed by atoms with Crippen LogP contribution in [0.4, 0.5) is 0 Å². The average Bonchev–Trinajstić information content (AvgIpc) is 3.47. The minimum Gasteiger partial charge on any atom is -0.495 e. The number of aromatic nitrogens is 6. The van der Waals surface area contributed by atoms with Gasteiger partial charge in [0, 0.05) is 31.9 Å². The molecule has 0 saturated carbocycles. The molecule has 0 aliphatic heterocycles. The van der Waals surface area contributed by atoms with Crippen LogP contribution in [0, 0.1) is 11.3 Å². The molecule has 0 bridgehead atoms. The Morgan fingerprint density at radius 2 is 2.20 bits per heavy atom. The number of aliphatic hydroxyl groups excluding tert-OH is 1. The van der Waals surface area contributed by atoms with Gasteiger partial charge in [-0.2, -0.15) is 10.4 Å². The zero-order chi connectivity index (χ0) is 21.4. The van der Waals surface area contributed by atoms with E-state index in [0.29, 0.717) is 33.9 Å². The fourth-order valence-electron chi connectivity index (χ4n) is 3.48. The van der Waals surface area contributed by atoms with Crippen LogP contribution in [0.3, 0.4) is 0 Å². The SMILES string of the molecule is COC[C@@H](O)c1nc(-c2c(-n3ccnc3)c3cc(OC)c(Cl)c(C#N)c3n2C)n[nH]1. The van der Waals surface area contributed by atoms with Gasteiger partial charge in [0.05, 0.1) is 36.8 Å². The van der Waals surface area contributed by atoms with Gasteiger partial charge in [0.25, 0.3) is 0 Å². The summed E-state index contributed by atoms with van der Waals surface area (Å²) < 4.78 is 14.0. The van der Waals surface area contributed by atoms with Crippen molar-refractivity contribution in [2.24, 2.45) is 7.05 Å². The van der Waals surface area contributed by atoms with Crippen LogP contribution in [0.5, 0.6) is 5.75 Å². The smallest absolute Gasteiger partial charge is 0.200 e. The molecule has 30 heavy (non-hydrogen) atoms. The molecule has 0 spiro atoms. The monoisotopic (exact) mass is 427 g/mol. The molecule has 2 N–H and O–H groups in total. The van der Waals surface area contributed by atoms with Gasteiger partial charge in [0.1, 0.15) is 28.6 Å². The third-order valence-corrected chi connectivity index (χ3v) is 5.18. The number of nitrogens with one attached hydrogen (secondary N) is 1. The maximum atomic E-state index is 10.2. The van der Waals surface area contributed by atoms with E-state index < -0.39 is 6.10 Å². The van der Waals surface area contributed by atoms with Gasteiger partial charge in [-0.25, -0.2) is 9.97 Å². The third kappa shape index (κ3) is 3.00. The fourth-order valence-corrected chi connectivity index (χ4v) is 3.74. The predicted molar refractivity (Wildman–Crippen MR) is 109 cm³/mol. The maximum Gasteiger partial charge on any atom is 0.200 e. The van der Waals surface area contributed by atoms with Gasteiger partial charge in [-0.15, -0.1) is 0 Å². The molecular formula is C19H18ClN7O3. The largest absolute Gasteiger partial charge is 0.495 e. The molecule has 11 heteroatoms. The van der Waals surface area contributed by atoms with E-state index in [9.17, 15) is 10.4 Å². The van der Waals surface area contributed by atoms with Crippen LogP contribution >= 0.6 is 11.6 Å². The number of hydrogen-bond acceptors (Lipinski definition) is 7. The Bertz CT molecular complexity index is 1250. The first-order chi connectivity index (χ1) is 14.5. The number of benzene rings is 1. The van der Waals surface area contributed by atoms with E-state index in [0.717, 1.165) is 0 Å². The minimum absolute atomic E-state index is 0.0729. The molecule has 1 atom stereocenters. The van der Waals surface area contributed by atoms with Gasteiger partial charge in [-0.1, -0.05) is 11.6 Å². The van der Waals surface area contributed by atoms with Crippen LogP contribution in [0.25, 0.3) is 28.1 Å². The average molecular weight is 428 g/mol. The zero-order valence-corrected chi connectivity index (χ0v) is 17.2. The van der Waals surface area contributed by atoms with Crippen molar-refractivity contribution in [1.29, 1.82) is 5.26 Å². The van der Waals surface area contributed by atoms with Crippen LogP contribution in [0.15, 0.2) is 24.8 Å². The second kappa shape index (κ2) is 7.79. The van der Waals surface area contributed by atoms with Gasteiger partial charge in [-0.05, 0) is 6.07 Å². The summed E-state index contributed by atoms with van der Waals surface area (Å²) in [6.45, 7) is 0.0729. The number of methoxy groups -OCH3 is 2. The van der Waals surface area contributed by atoms with E-state index in [-0.39, 0.29) is 23.0 Å². The molecule has 10 nitrogen and oxygen atoms in total. The van der Waals surface area contributed by atoms with Crippen molar-refractivity contribution >= 4 is 22.5 Å². The van der Waals surface area contributed by atoms with Crippen LogP contribution in [-0.2, 0) is 11.8 Å². The van der Waals surface area contributed by atoms with E-state index in [1.807, 2.05) is 0 Å². The van der Waals surface area contributed by atoms with Crippen LogP contribution in [0.1, 0.15) is 17.5 Å². The summed E-state index contributed by atoms with van der Waals surface area (Å²) >= 11 is 6.41. The summed E-state index contributed by atoms with van der Waals surface area (Å²) in [4.78, 5) is 8.58. The molecule has 0 unspecified atom stereocenters. The number of aliphatic hydroxyl groups is 1. The molecule has 3 aromatic heterocycles. The Labute approximate surface area is 176 Å². The highest BCUT2D eigenvalue weighted by Crippen LogP contribution is 2.42. The number of aromatic amines is 1. The summed E-state index contributed by atoms with van der Waals surface area (Å²) in [6.07, 6.45) is 4.11. The van der Waals surface area contributed by atoms with Gasteiger partial charge >= 0.3 is 0 Å². The number of rotatable bonds is 6. The predicted octanol–water partition coefficient (Wildman–Crippen LogP) is 2.36. The van der Waals surface area contributed by atoms with Crippen molar-refractivity contribution in [3.63, 3.8) is 0 Å². The van der Waals surface area contributed by atoms with E-state index in [1.54, 1.807) is 41.0 Å². The highest BCUT2D eigenvalue weighted by molar-refractivity contribution is 6.34. The molecule has 0 aliphatic carbocycles. The molecule has 0 radical (unpaired) electrons. The minimum atomic E-state index is -0.952. The van der Waals surface area contributed by atoms with Crippen molar-refractivity contribution in [3.8, 4) is 29.0 Å². The second-order valence-electron chi connectivity index (χ2n) is 6.52. The highest BCUT2D eigenvalue weighted by Gasteiger charge is 2.27. The molecule has 0 fully saturated rings. The Morgan fingerprint density at radius 1 is 1.40 bits per heavy atom. The van der Waals surface area contributed by atoms with Crippen LogP contribution < -0.4 is 4.74 Å². The van der Waals surface area contributed by atoms with E-state index in [2.05, 4.69) is 26.2 Å². The summed E-state index contributed by atoms with van der Waals surface area (Å²) in [7, 11) is 4.78. The van der Waals surface area contributed by atoms with Gasteiger partial charge < -0.3 is 23.7 Å². The van der Waals surface area contributed by atoms with Crippen LogP contribution in [0.2, 0.25) is 5.02 Å². The molecule has 1 aromatic carbocycles. The summed E-state index contributed by atoms with van der Waals surface area (Å²) in [5.74, 6) is 0.983. The number of imidazole rings is 1. The van der Waals surface area contributed by atoms with Crippen molar-refractivity contribution < 1.29 is 14.6 Å². The Balaban J connectivity index is 2.06. The topological polar surface area (TPSA) is 127 Å². The lowest BCUT2D eigenvalue weighted by Gasteiger charge is -2.07. The molecule has 0 aliphatic rings. The molecule has 3 heterocycles. The molecular weight excluding hydrogens is 410 g/mol. The highest BCUT2D eigenvalue weighted by atomic mass is 35.5. The van der Waals surface area contributed by atoms with Crippen molar-refractivity contribution in [2.75, 3.05) is 20.8 Å². The molecule has 4 aromatic rings. The number of nitriles is 1. The standard InChI is InChI=1S/C19H18ClN7O3/c1-26-15-10(6-13(30-3)14(20)11(15)7-21)16(27-5-4-22-9-27)17(26)19-23-18(24-25-19)12(28)8-29-2/h4-6,9,12,28H,8H2,1-3H3,(H,23,24,25)/t12-/m1/s1.